The number of alkyl halides is 3. The van der Waals surface area contributed by atoms with Crippen LogP contribution in [0.1, 0.15) is 17.5 Å². The Morgan fingerprint density at radius 1 is 1.00 bits per heavy atom. The molecule has 0 bridgehead atoms. The Labute approximate surface area is 179 Å². The Balaban J connectivity index is 1.89. The summed E-state index contributed by atoms with van der Waals surface area (Å²) in [5.41, 5.74) is 1.26. The Morgan fingerprint density at radius 2 is 1.74 bits per heavy atom. The fraction of sp³-hybridized carbons (Fsp3) is 0.318. The van der Waals surface area contributed by atoms with Crippen molar-refractivity contribution in [2.24, 2.45) is 0 Å². The van der Waals surface area contributed by atoms with Crippen LogP contribution in [-0.4, -0.2) is 47.0 Å². The average molecular weight is 430 g/mol. The van der Waals surface area contributed by atoms with Crippen LogP contribution in [0.15, 0.2) is 48.8 Å². The molecule has 0 saturated carbocycles. The highest BCUT2D eigenvalue weighted by molar-refractivity contribution is 5.67. The van der Waals surface area contributed by atoms with Crippen molar-refractivity contribution in [3.8, 4) is 11.3 Å². The molecule has 0 radical (unpaired) electrons. The van der Waals surface area contributed by atoms with E-state index in [4.69, 9.17) is 0 Å². The number of anilines is 3. The number of hydrogen-bond acceptors (Lipinski definition) is 6. The summed E-state index contributed by atoms with van der Waals surface area (Å²) in [4.78, 5) is 15.1. The molecule has 3 aromatic rings. The number of nitrogens with one attached hydrogen (secondary N) is 2. The summed E-state index contributed by atoms with van der Waals surface area (Å²) in [6.45, 7) is 3.01. The third-order valence-corrected chi connectivity index (χ3v) is 4.58. The second kappa shape index (κ2) is 9.74. The largest absolute Gasteiger partial charge is 0.416 e. The number of nitrogens with zero attached hydrogens (tertiary/aromatic N) is 4. The average Bonchev–Trinajstić information content (AvgIpc) is 2.72. The molecular weight excluding hydrogens is 405 g/mol. The van der Waals surface area contributed by atoms with E-state index in [1.165, 1.54) is 13.0 Å². The molecule has 3 rings (SSSR count). The van der Waals surface area contributed by atoms with E-state index in [-0.39, 0.29) is 5.56 Å². The van der Waals surface area contributed by atoms with Crippen molar-refractivity contribution < 1.29 is 13.2 Å². The van der Waals surface area contributed by atoms with Crippen molar-refractivity contribution in [3.05, 3.63) is 59.9 Å². The van der Waals surface area contributed by atoms with Gasteiger partial charge in [0.25, 0.3) is 0 Å². The summed E-state index contributed by atoms with van der Waals surface area (Å²) in [5, 5.41) is 6.18. The molecule has 2 N–H and O–H groups in total. The first-order valence-corrected chi connectivity index (χ1v) is 9.85. The number of pyridine rings is 1. The molecule has 9 heteroatoms. The van der Waals surface area contributed by atoms with E-state index < -0.39 is 11.7 Å². The van der Waals surface area contributed by atoms with Gasteiger partial charge in [-0.3, -0.25) is 4.98 Å². The maximum absolute atomic E-state index is 13.3. The molecule has 0 fully saturated rings. The summed E-state index contributed by atoms with van der Waals surface area (Å²) >= 11 is 0. The third-order valence-electron chi connectivity index (χ3n) is 4.58. The second-order valence-electron chi connectivity index (χ2n) is 7.43. The monoisotopic (exact) mass is 430 g/mol. The van der Waals surface area contributed by atoms with E-state index in [9.17, 15) is 13.2 Å². The Morgan fingerprint density at radius 3 is 2.42 bits per heavy atom. The minimum absolute atomic E-state index is 0.168. The van der Waals surface area contributed by atoms with Crippen molar-refractivity contribution in [1.29, 1.82) is 0 Å². The van der Waals surface area contributed by atoms with E-state index >= 15 is 0 Å². The lowest BCUT2D eigenvalue weighted by Gasteiger charge is -2.15. The molecule has 0 aliphatic heterocycles. The maximum atomic E-state index is 13.3. The Hall–Kier alpha value is -3.20. The van der Waals surface area contributed by atoms with Crippen LogP contribution in [0.4, 0.5) is 30.6 Å². The van der Waals surface area contributed by atoms with Gasteiger partial charge in [-0.05, 0) is 63.8 Å². The lowest BCUT2D eigenvalue weighted by Crippen LogP contribution is -2.17. The molecule has 2 heterocycles. The molecule has 0 aliphatic rings. The topological polar surface area (TPSA) is 66.0 Å². The quantitative estimate of drug-likeness (QED) is 0.492. The van der Waals surface area contributed by atoms with Crippen LogP contribution >= 0.6 is 0 Å². The van der Waals surface area contributed by atoms with Crippen molar-refractivity contribution in [2.75, 3.05) is 37.8 Å². The first-order valence-electron chi connectivity index (χ1n) is 9.85. The minimum atomic E-state index is -4.42. The highest BCUT2D eigenvalue weighted by atomic mass is 19.4. The first kappa shape index (κ1) is 22.5. The highest BCUT2D eigenvalue weighted by Crippen LogP contribution is 2.34. The smallest absolute Gasteiger partial charge is 0.354 e. The van der Waals surface area contributed by atoms with Crippen LogP contribution in [0.3, 0.4) is 0 Å². The molecule has 164 valence electrons. The third kappa shape index (κ3) is 6.39. The van der Waals surface area contributed by atoms with Crippen molar-refractivity contribution in [1.82, 2.24) is 19.9 Å². The van der Waals surface area contributed by atoms with Gasteiger partial charge in [-0.1, -0.05) is 6.07 Å². The van der Waals surface area contributed by atoms with Gasteiger partial charge in [0.1, 0.15) is 5.82 Å². The summed E-state index contributed by atoms with van der Waals surface area (Å²) in [5.74, 6) is 0.799. The molecule has 0 amide bonds. The zero-order chi connectivity index (χ0) is 22.4. The number of aryl methyl sites for hydroxylation is 1. The van der Waals surface area contributed by atoms with Gasteiger partial charge in [-0.25, -0.2) is 4.98 Å². The summed E-state index contributed by atoms with van der Waals surface area (Å²) in [6.07, 6.45) is -0.213. The van der Waals surface area contributed by atoms with Gasteiger partial charge in [0, 0.05) is 36.3 Å². The van der Waals surface area contributed by atoms with Crippen LogP contribution in [0.5, 0.6) is 0 Å². The molecule has 31 heavy (non-hydrogen) atoms. The fourth-order valence-corrected chi connectivity index (χ4v) is 3.01. The Kier molecular flexibility index (Phi) is 7.06. The van der Waals surface area contributed by atoms with Crippen molar-refractivity contribution >= 4 is 17.5 Å². The zero-order valence-electron chi connectivity index (χ0n) is 17.7. The predicted molar refractivity (Wildman–Crippen MR) is 116 cm³/mol. The summed E-state index contributed by atoms with van der Waals surface area (Å²) < 4.78 is 39.8. The highest BCUT2D eigenvalue weighted by Gasteiger charge is 2.32. The fourth-order valence-electron chi connectivity index (χ4n) is 3.01. The molecule has 0 unspecified atom stereocenters. The van der Waals surface area contributed by atoms with E-state index in [0.717, 1.165) is 24.6 Å². The minimum Gasteiger partial charge on any atom is -0.354 e. The van der Waals surface area contributed by atoms with Crippen LogP contribution in [0.25, 0.3) is 11.3 Å². The molecule has 0 aliphatic carbocycles. The molecule has 6 nitrogen and oxygen atoms in total. The summed E-state index contributed by atoms with van der Waals surface area (Å²) in [6, 6.07) is 9.46. The van der Waals surface area contributed by atoms with Crippen LogP contribution in [0.2, 0.25) is 0 Å². The second-order valence-corrected chi connectivity index (χ2v) is 7.43. The SMILES string of the molecule is Cc1ccc(Nc2cc(-c3ccncc3)nc(NCCCN(C)C)n2)cc1C(F)(F)F. The van der Waals surface area contributed by atoms with Crippen LogP contribution in [-0.2, 0) is 6.18 Å². The van der Waals surface area contributed by atoms with Gasteiger partial charge in [-0.2, -0.15) is 18.2 Å². The summed E-state index contributed by atoms with van der Waals surface area (Å²) in [7, 11) is 4.00. The van der Waals surface area contributed by atoms with E-state index in [0.29, 0.717) is 29.7 Å². The van der Waals surface area contributed by atoms with E-state index in [1.807, 2.05) is 26.2 Å². The number of rotatable bonds is 8. The van der Waals surface area contributed by atoms with Gasteiger partial charge in [0.15, 0.2) is 0 Å². The van der Waals surface area contributed by atoms with Gasteiger partial charge >= 0.3 is 6.18 Å². The first-order chi connectivity index (χ1) is 14.7. The van der Waals surface area contributed by atoms with Gasteiger partial charge in [0.05, 0.1) is 11.3 Å². The van der Waals surface area contributed by atoms with Gasteiger partial charge in [-0.15, -0.1) is 0 Å². The van der Waals surface area contributed by atoms with Crippen LogP contribution in [0, 0.1) is 6.92 Å². The zero-order valence-corrected chi connectivity index (χ0v) is 17.7. The normalized spacial score (nSPS) is 11.6. The molecule has 0 spiro atoms. The van der Waals surface area contributed by atoms with Crippen molar-refractivity contribution in [2.45, 2.75) is 19.5 Å². The van der Waals surface area contributed by atoms with Gasteiger partial charge < -0.3 is 15.5 Å². The molecular formula is C22H25F3N6. The van der Waals surface area contributed by atoms with Crippen molar-refractivity contribution in [3.63, 3.8) is 0 Å². The maximum Gasteiger partial charge on any atom is 0.416 e. The lowest BCUT2D eigenvalue weighted by molar-refractivity contribution is -0.138. The number of hydrogen-bond donors (Lipinski definition) is 2. The molecule has 0 saturated heterocycles. The van der Waals surface area contributed by atoms with Crippen LogP contribution < -0.4 is 10.6 Å². The van der Waals surface area contributed by atoms with E-state index in [2.05, 4.69) is 30.5 Å². The number of benzene rings is 1. The number of aromatic nitrogens is 3. The molecule has 0 atom stereocenters. The predicted octanol–water partition coefficient (Wildman–Crippen LogP) is 4.97. The lowest BCUT2D eigenvalue weighted by atomic mass is 10.1. The number of halogens is 3. The Bertz CT molecular complexity index is 1010. The van der Waals surface area contributed by atoms with E-state index in [1.54, 1.807) is 24.5 Å². The molecule has 2 aromatic heterocycles. The molecule has 1 aromatic carbocycles. The standard InChI is InChI=1S/C22H25F3N6/c1-15-5-6-17(13-18(15)22(23,24)25)28-20-14-19(16-7-10-26-11-8-16)29-21(30-20)27-9-4-12-31(2)3/h5-8,10-11,13-14H,4,9,12H2,1-3H3,(H2,27,28,29,30). The van der Waals surface area contributed by atoms with Gasteiger partial charge in [0.2, 0.25) is 5.95 Å².